The number of aromatic nitrogens is 4. The molecular formula is C16H18N6O2. The fourth-order valence-electron chi connectivity index (χ4n) is 2.14. The number of ether oxygens (including phenoxy) is 1. The largest absolute Gasteiger partial charge is 0.465 e. The van der Waals surface area contributed by atoms with Crippen LogP contribution in [-0.4, -0.2) is 33.7 Å². The van der Waals surface area contributed by atoms with Gasteiger partial charge in [-0.15, -0.1) is 10.2 Å². The number of anilines is 1. The zero-order valence-electron chi connectivity index (χ0n) is 13.9. The molecule has 0 aliphatic heterocycles. The molecule has 124 valence electrons. The molecule has 0 fully saturated rings. The van der Waals surface area contributed by atoms with Crippen LogP contribution in [0.15, 0.2) is 24.4 Å². The second kappa shape index (κ2) is 6.91. The highest BCUT2D eigenvalue weighted by atomic mass is 16.5. The van der Waals surface area contributed by atoms with E-state index in [9.17, 15) is 10.1 Å². The highest BCUT2D eigenvalue weighted by molar-refractivity contribution is 5.91. The minimum Gasteiger partial charge on any atom is -0.465 e. The van der Waals surface area contributed by atoms with Crippen molar-refractivity contribution in [3.8, 4) is 6.07 Å². The second-order valence-electron chi connectivity index (χ2n) is 6.05. The summed E-state index contributed by atoms with van der Waals surface area (Å²) in [4.78, 5) is 11.8. The Hall–Kier alpha value is -3.21. The van der Waals surface area contributed by atoms with Gasteiger partial charge in [-0.3, -0.25) is 0 Å². The number of allylic oxidation sites excluding steroid dienone is 1. The number of rotatable bonds is 4. The first-order valence-electron chi connectivity index (χ1n) is 7.20. The van der Waals surface area contributed by atoms with Gasteiger partial charge in [-0.25, -0.2) is 4.79 Å². The van der Waals surface area contributed by atoms with Crippen LogP contribution in [0.1, 0.15) is 42.5 Å². The summed E-state index contributed by atoms with van der Waals surface area (Å²) in [5, 5.41) is 25.6. The highest BCUT2D eigenvalue weighted by Gasteiger charge is 2.20. The number of esters is 1. The summed E-state index contributed by atoms with van der Waals surface area (Å²) in [7, 11) is 1.33. The smallest absolute Gasteiger partial charge is 0.337 e. The van der Waals surface area contributed by atoms with E-state index < -0.39 is 5.97 Å². The number of aromatic amines is 1. The molecule has 2 aromatic rings. The van der Waals surface area contributed by atoms with Gasteiger partial charge in [-0.1, -0.05) is 26.8 Å². The molecule has 0 aliphatic rings. The molecule has 8 heteroatoms. The van der Waals surface area contributed by atoms with E-state index in [-0.39, 0.29) is 16.8 Å². The van der Waals surface area contributed by atoms with Crippen molar-refractivity contribution in [2.75, 3.05) is 12.4 Å². The Morgan fingerprint density at radius 1 is 1.42 bits per heavy atom. The number of tetrazole rings is 1. The van der Waals surface area contributed by atoms with Crippen molar-refractivity contribution in [3.05, 3.63) is 41.4 Å². The minimum absolute atomic E-state index is 0.163. The summed E-state index contributed by atoms with van der Waals surface area (Å²) < 4.78 is 4.76. The molecule has 1 heterocycles. The van der Waals surface area contributed by atoms with Gasteiger partial charge in [0.05, 0.1) is 12.7 Å². The third kappa shape index (κ3) is 3.76. The fourth-order valence-corrected chi connectivity index (χ4v) is 2.14. The van der Waals surface area contributed by atoms with E-state index in [1.54, 1.807) is 12.1 Å². The van der Waals surface area contributed by atoms with Gasteiger partial charge >= 0.3 is 5.97 Å². The molecular weight excluding hydrogens is 308 g/mol. The molecule has 0 unspecified atom stereocenters. The molecule has 0 saturated carbocycles. The van der Waals surface area contributed by atoms with E-state index in [1.807, 2.05) is 12.1 Å². The lowest BCUT2D eigenvalue weighted by Crippen LogP contribution is -2.15. The normalized spacial score (nSPS) is 11.7. The van der Waals surface area contributed by atoms with Crippen molar-refractivity contribution in [1.82, 2.24) is 20.6 Å². The average Bonchev–Trinajstić information content (AvgIpc) is 3.08. The first kappa shape index (κ1) is 17.1. The lowest BCUT2D eigenvalue weighted by molar-refractivity contribution is 0.0600. The number of methoxy groups -OCH3 is 1. The third-order valence-electron chi connectivity index (χ3n) is 3.33. The van der Waals surface area contributed by atoms with Gasteiger partial charge in [0.2, 0.25) is 5.82 Å². The lowest BCUT2D eigenvalue weighted by Gasteiger charge is -2.23. The lowest BCUT2D eigenvalue weighted by atomic mass is 9.85. The number of nitriles is 1. The van der Waals surface area contributed by atoms with Gasteiger partial charge < -0.3 is 10.1 Å². The summed E-state index contributed by atoms with van der Waals surface area (Å²) in [6.45, 7) is 6.16. The first-order chi connectivity index (χ1) is 11.4. The molecule has 0 radical (unpaired) electrons. The number of carbonyl (C=O) groups is 1. The van der Waals surface area contributed by atoms with Crippen molar-refractivity contribution in [2.24, 2.45) is 0 Å². The molecule has 0 aliphatic carbocycles. The van der Waals surface area contributed by atoms with Gasteiger partial charge in [0.15, 0.2) is 0 Å². The van der Waals surface area contributed by atoms with Crippen molar-refractivity contribution in [1.29, 1.82) is 5.26 Å². The molecule has 0 amide bonds. The van der Waals surface area contributed by atoms with E-state index in [1.165, 1.54) is 13.3 Å². The van der Waals surface area contributed by atoms with E-state index >= 15 is 0 Å². The van der Waals surface area contributed by atoms with Crippen LogP contribution >= 0.6 is 0 Å². The molecule has 0 bridgehead atoms. The predicted molar refractivity (Wildman–Crippen MR) is 87.9 cm³/mol. The minimum atomic E-state index is -0.429. The Labute approximate surface area is 139 Å². The number of nitrogens with zero attached hydrogens (tertiary/aromatic N) is 4. The van der Waals surface area contributed by atoms with Gasteiger partial charge in [0, 0.05) is 11.9 Å². The van der Waals surface area contributed by atoms with Crippen LogP contribution in [0.5, 0.6) is 0 Å². The number of nitrogens with one attached hydrogen (secondary N) is 2. The Morgan fingerprint density at radius 3 is 2.71 bits per heavy atom. The molecule has 24 heavy (non-hydrogen) atoms. The van der Waals surface area contributed by atoms with Crippen LogP contribution in [0.4, 0.5) is 5.69 Å². The van der Waals surface area contributed by atoms with Gasteiger partial charge in [0.25, 0.3) is 0 Å². The van der Waals surface area contributed by atoms with Gasteiger partial charge in [-0.2, -0.15) is 10.5 Å². The summed E-state index contributed by atoms with van der Waals surface area (Å²) >= 11 is 0. The van der Waals surface area contributed by atoms with E-state index in [0.717, 1.165) is 5.56 Å². The standard InChI is InChI=1S/C16H18N6O2/c1-16(2,3)12-6-5-10(15(23)24-4)7-13(12)18-9-11(8-17)14-19-21-22-20-14/h5-7,9,18H,1-4H3,(H,19,20,21,22). The van der Waals surface area contributed by atoms with Crippen molar-refractivity contribution < 1.29 is 9.53 Å². The number of carbonyl (C=O) groups excluding carboxylic acids is 1. The molecule has 1 aromatic heterocycles. The van der Waals surface area contributed by atoms with Crippen LogP contribution in [0.2, 0.25) is 0 Å². The molecule has 0 atom stereocenters. The molecule has 1 aromatic carbocycles. The Balaban J connectivity index is 2.43. The summed E-state index contributed by atoms with van der Waals surface area (Å²) in [6.07, 6.45) is 1.48. The maximum absolute atomic E-state index is 11.8. The highest BCUT2D eigenvalue weighted by Crippen LogP contribution is 2.31. The quantitative estimate of drug-likeness (QED) is 0.653. The van der Waals surface area contributed by atoms with Crippen LogP contribution in [0, 0.1) is 11.3 Å². The Morgan fingerprint density at radius 2 is 2.17 bits per heavy atom. The van der Waals surface area contributed by atoms with Gasteiger partial charge in [-0.05, 0) is 28.3 Å². The van der Waals surface area contributed by atoms with E-state index in [4.69, 9.17) is 4.74 Å². The number of hydrogen-bond donors (Lipinski definition) is 2. The van der Waals surface area contributed by atoms with E-state index in [2.05, 4.69) is 46.7 Å². The number of benzene rings is 1. The summed E-state index contributed by atoms with van der Waals surface area (Å²) in [5.41, 5.74) is 2.15. The first-order valence-corrected chi connectivity index (χ1v) is 7.20. The van der Waals surface area contributed by atoms with Crippen molar-refractivity contribution >= 4 is 17.2 Å². The van der Waals surface area contributed by atoms with Crippen LogP contribution < -0.4 is 5.32 Å². The molecule has 0 saturated heterocycles. The Kier molecular flexibility index (Phi) is 4.94. The molecule has 0 spiro atoms. The van der Waals surface area contributed by atoms with Gasteiger partial charge in [0.1, 0.15) is 11.6 Å². The fraction of sp³-hybridized carbons (Fsp3) is 0.312. The Bertz CT molecular complexity index is 797. The zero-order chi connectivity index (χ0) is 17.7. The zero-order valence-corrected chi connectivity index (χ0v) is 13.9. The number of H-pyrrole nitrogens is 1. The molecule has 8 nitrogen and oxygen atoms in total. The number of hydrogen-bond acceptors (Lipinski definition) is 7. The maximum atomic E-state index is 11.8. The molecule has 2 rings (SSSR count). The second-order valence-corrected chi connectivity index (χ2v) is 6.05. The van der Waals surface area contributed by atoms with Crippen LogP contribution in [0.3, 0.4) is 0 Å². The monoisotopic (exact) mass is 326 g/mol. The SMILES string of the molecule is COC(=O)c1ccc(C(C)(C)C)c(NC=C(C#N)c2nn[nH]n2)c1. The van der Waals surface area contributed by atoms with Crippen molar-refractivity contribution in [3.63, 3.8) is 0 Å². The topological polar surface area (TPSA) is 117 Å². The average molecular weight is 326 g/mol. The molecule has 2 N–H and O–H groups in total. The van der Waals surface area contributed by atoms with Crippen LogP contribution in [-0.2, 0) is 10.2 Å². The van der Waals surface area contributed by atoms with Crippen LogP contribution in [0.25, 0.3) is 5.57 Å². The predicted octanol–water partition coefficient (Wildman–Crippen LogP) is 2.26. The summed E-state index contributed by atoms with van der Waals surface area (Å²) in [6, 6.07) is 7.27. The summed E-state index contributed by atoms with van der Waals surface area (Å²) in [5.74, 6) is -0.243. The van der Waals surface area contributed by atoms with Crippen molar-refractivity contribution in [2.45, 2.75) is 26.2 Å². The van der Waals surface area contributed by atoms with E-state index in [0.29, 0.717) is 11.3 Å². The maximum Gasteiger partial charge on any atom is 0.337 e. The third-order valence-corrected chi connectivity index (χ3v) is 3.33.